The third-order valence-electron chi connectivity index (χ3n) is 5.73. The van der Waals surface area contributed by atoms with Crippen LogP contribution in [0.4, 0.5) is 0 Å². The maximum Gasteiger partial charge on any atom is 0.241 e. The van der Waals surface area contributed by atoms with Gasteiger partial charge in [0.2, 0.25) is 10.0 Å². The molecule has 3 N–H and O–H groups in total. The maximum absolute atomic E-state index is 13.7. The molecule has 0 radical (unpaired) electrons. The number of aryl methyl sites for hydroxylation is 3. The van der Waals surface area contributed by atoms with Crippen LogP contribution in [0, 0.1) is 0 Å². The zero-order valence-electron chi connectivity index (χ0n) is 18.5. The molecule has 31 heavy (non-hydrogen) atoms. The molecule has 0 bridgehead atoms. The normalized spacial score (nSPS) is 13.7. The van der Waals surface area contributed by atoms with Gasteiger partial charge in [-0.3, -0.25) is 0 Å². The van der Waals surface area contributed by atoms with Gasteiger partial charge in [0.1, 0.15) is 0 Å². The molecule has 0 unspecified atom stereocenters. The Morgan fingerprint density at radius 2 is 1.26 bits per heavy atom. The largest absolute Gasteiger partial charge is 0.322 e. The molecule has 164 valence electrons. The lowest BCUT2D eigenvalue weighted by Gasteiger charge is -2.27. The highest BCUT2D eigenvalue weighted by molar-refractivity contribution is 7.89. The van der Waals surface area contributed by atoms with Crippen LogP contribution in [-0.4, -0.2) is 8.42 Å². The van der Waals surface area contributed by atoms with Crippen molar-refractivity contribution in [3.05, 3.63) is 101 Å². The molecule has 3 aromatic carbocycles. The molecular weight excluding hydrogens is 404 g/mol. The minimum Gasteiger partial charge on any atom is -0.322 e. The molecule has 5 heteroatoms. The highest BCUT2D eigenvalue weighted by atomic mass is 32.2. The molecule has 0 saturated heterocycles. The Bertz CT molecular complexity index is 1070. The summed E-state index contributed by atoms with van der Waals surface area (Å²) in [5.41, 5.74) is 11.2. The van der Waals surface area contributed by atoms with Crippen LogP contribution in [0.15, 0.2) is 77.7 Å². The fraction of sp³-hybridized carbons (Fsp3) is 0.308. The lowest BCUT2D eigenvalue weighted by atomic mass is 9.95. The first-order valence-electron chi connectivity index (χ1n) is 10.9. The highest BCUT2D eigenvalue weighted by Crippen LogP contribution is 2.31. The fourth-order valence-electron chi connectivity index (χ4n) is 4.00. The standard InChI is InChI=1S/C26H32N2O2S/c1-4-19-17-20(5-2)26(21(6-3)18-19)31(29,30)28-25(23-15-11-8-12-16-23)24(27)22-13-9-7-10-14-22/h7-18,24-25,28H,4-6,27H2,1-3H3/t24-,25-/m1/s1. The summed E-state index contributed by atoms with van der Waals surface area (Å²) in [4.78, 5) is 0.399. The molecule has 0 heterocycles. The molecule has 0 amide bonds. The van der Waals surface area contributed by atoms with Crippen molar-refractivity contribution in [3.8, 4) is 0 Å². The van der Waals surface area contributed by atoms with Gasteiger partial charge >= 0.3 is 0 Å². The third-order valence-corrected chi connectivity index (χ3v) is 7.35. The van der Waals surface area contributed by atoms with E-state index in [4.69, 9.17) is 5.73 Å². The Hall–Kier alpha value is -2.47. The summed E-state index contributed by atoms with van der Waals surface area (Å²) in [7, 11) is -3.80. The van der Waals surface area contributed by atoms with E-state index in [-0.39, 0.29) is 0 Å². The van der Waals surface area contributed by atoms with Crippen molar-refractivity contribution in [2.24, 2.45) is 5.73 Å². The average Bonchev–Trinajstić information content (AvgIpc) is 2.82. The number of hydrogen-bond donors (Lipinski definition) is 2. The lowest BCUT2D eigenvalue weighted by Crippen LogP contribution is -2.36. The van der Waals surface area contributed by atoms with Gasteiger partial charge in [-0.2, -0.15) is 0 Å². The summed E-state index contributed by atoms with van der Waals surface area (Å²) >= 11 is 0. The van der Waals surface area contributed by atoms with E-state index in [1.165, 1.54) is 0 Å². The molecule has 0 aliphatic rings. The maximum atomic E-state index is 13.7. The summed E-state index contributed by atoms with van der Waals surface area (Å²) < 4.78 is 30.4. The number of rotatable bonds is 9. The van der Waals surface area contributed by atoms with E-state index in [2.05, 4.69) is 11.6 Å². The smallest absolute Gasteiger partial charge is 0.241 e. The fourth-order valence-corrected chi connectivity index (χ4v) is 5.84. The molecule has 0 aliphatic carbocycles. The molecule has 2 atom stereocenters. The van der Waals surface area contributed by atoms with Crippen molar-refractivity contribution in [1.29, 1.82) is 0 Å². The first kappa shape index (κ1) is 23.2. The van der Waals surface area contributed by atoms with Crippen molar-refractivity contribution in [1.82, 2.24) is 4.72 Å². The molecule has 0 aliphatic heterocycles. The van der Waals surface area contributed by atoms with Gasteiger partial charge in [0, 0.05) is 0 Å². The zero-order valence-corrected chi connectivity index (χ0v) is 19.3. The minimum atomic E-state index is -3.80. The number of sulfonamides is 1. The predicted molar refractivity (Wildman–Crippen MR) is 127 cm³/mol. The second-order valence-electron chi connectivity index (χ2n) is 7.75. The van der Waals surface area contributed by atoms with Gasteiger partial charge < -0.3 is 5.73 Å². The SMILES string of the molecule is CCc1cc(CC)c(S(=O)(=O)N[C@H](c2ccccc2)[C@H](N)c2ccccc2)c(CC)c1. The summed E-state index contributed by atoms with van der Waals surface area (Å²) in [6, 6.07) is 22.1. The van der Waals surface area contributed by atoms with Crippen molar-refractivity contribution >= 4 is 10.0 Å². The van der Waals surface area contributed by atoms with Crippen molar-refractivity contribution in [2.75, 3.05) is 0 Å². The van der Waals surface area contributed by atoms with E-state index < -0.39 is 22.1 Å². The van der Waals surface area contributed by atoms with Gasteiger partial charge in [0.25, 0.3) is 0 Å². The molecule has 0 aromatic heterocycles. The van der Waals surface area contributed by atoms with Crippen LogP contribution in [0.2, 0.25) is 0 Å². The van der Waals surface area contributed by atoms with Crippen LogP contribution in [0.5, 0.6) is 0 Å². The number of hydrogen-bond acceptors (Lipinski definition) is 3. The van der Waals surface area contributed by atoms with Gasteiger partial charge in [0.05, 0.1) is 17.0 Å². The van der Waals surface area contributed by atoms with E-state index >= 15 is 0 Å². The van der Waals surface area contributed by atoms with Crippen molar-refractivity contribution < 1.29 is 8.42 Å². The van der Waals surface area contributed by atoms with Gasteiger partial charge in [-0.1, -0.05) is 93.6 Å². The van der Waals surface area contributed by atoms with E-state index in [9.17, 15) is 8.42 Å². The van der Waals surface area contributed by atoms with E-state index in [1.54, 1.807) is 0 Å². The van der Waals surface area contributed by atoms with E-state index in [0.717, 1.165) is 34.2 Å². The van der Waals surface area contributed by atoms with Crippen molar-refractivity contribution in [2.45, 2.75) is 57.0 Å². The van der Waals surface area contributed by atoms with Crippen molar-refractivity contribution in [3.63, 3.8) is 0 Å². The quantitative estimate of drug-likeness (QED) is 0.490. The van der Waals surface area contributed by atoms with Crippen LogP contribution in [0.3, 0.4) is 0 Å². The average molecular weight is 437 g/mol. The lowest BCUT2D eigenvalue weighted by molar-refractivity contribution is 0.503. The molecule has 4 nitrogen and oxygen atoms in total. The third kappa shape index (κ3) is 5.24. The van der Waals surface area contributed by atoms with Gasteiger partial charge in [-0.05, 0) is 47.1 Å². The predicted octanol–water partition coefficient (Wildman–Crippen LogP) is 5.09. The van der Waals surface area contributed by atoms with Crippen LogP contribution in [0.1, 0.15) is 60.7 Å². The summed E-state index contributed by atoms with van der Waals surface area (Å²) in [6.45, 7) is 6.08. The van der Waals surface area contributed by atoms with E-state index in [1.807, 2.05) is 86.6 Å². The van der Waals surface area contributed by atoms with E-state index in [0.29, 0.717) is 17.7 Å². The molecule has 0 fully saturated rings. The van der Waals surface area contributed by atoms with Crippen LogP contribution in [0.25, 0.3) is 0 Å². The second-order valence-corrected chi connectivity index (χ2v) is 9.40. The number of nitrogens with two attached hydrogens (primary N) is 1. The molecule has 3 rings (SSSR count). The highest BCUT2D eigenvalue weighted by Gasteiger charge is 2.30. The zero-order chi connectivity index (χ0) is 22.4. The first-order valence-corrected chi connectivity index (χ1v) is 12.4. The Morgan fingerprint density at radius 3 is 1.71 bits per heavy atom. The Kier molecular flexibility index (Phi) is 7.65. The van der Waals surface area contributed by atoms with Gasteiger partial charge in [0.15, 0.2) is 0 Å². The minimum absolute atomic E-state index is 0.399. The first-order chi connectivity index (χ1) is 14.9. The molecule has 0 spiro atoms. The van der Waals surface area contributed by atoms with Crippen LogP contribution >= 0.6 is 0 Å². The van der Waals surface area contributed by atoms with Crippen LogP contribution in [-0.2, 0) is 29.3 Å². The monoisotopic (exact) mass is 436 g/mol. The number of nitrogens with one attached hydrogen (secondary N) is 1. The second kappa shape index (κ2) is 10.2. The Labute approximate surface area is 186 Å². The van der Waals surface area contributed by atoms with Gasteiger partial charge in [-0.15, -0.1) is 0 Å². The molecule has 0 saturated carbocycles. The van der Waals surface area contributed by atoms with Crippen LogP contribution < -0.4 is 10.5 Å². The summed E-state index contributed by atoms with van der Waals surface area (Å²) in [6.07, 6.45) is 2.18. The Morgan fingerprint density at radius 1 is 0.774 bits per heavy atom. The Balaban J connectivity index is 2.09. The summed E-state index contributed by atoms with van der Waals surface area (Å²) in [5.74, 6) is 0. The summed E-state index contributed by atoms with van der Waals surface area (Å²) in [5, 5.41) is 0. The molecule has 3 aromatic rings. The molecular formula is C26H32N2O2S. The topological polar surface area (TPSA) is 72.2 Å². The number of benzene rings is 3. The van der Waals surface area contributed by atoms with Gasteiger partial charge in [-0.25, -0.2) is 13.1 Å².